The van der Waals surface area contributed by atoms with Gasteiger partial charge in [-0.2, -0.15) is 0 Å². The zero-order chi connectivity index (χ0) is 15.1. The lowest BCUT2D eigenvalue weighted by Crippen LogP contribution is -2.29. The van der Waals surface area contributed by atoms with E-state index in [1.165, 1.54) is 6.92 Å². The van der Waals surface area contributed by atoms with E-state index in [0.717, 1.165) is 6.26 Å². The molecule has 1 aromatic carbocycles. The number of sulfone groups is 1. The van der Waals surface area contributed by atoms with Crippen molar-refractivity contribution in [3.05, 3.63) is 44.5 Å². The van der Waals surface area contributed by atoms with Crippen LogP contribution >= 0.6 is 11.6 Å². The average Bonchev–Trinajstić information content (AvgIpc) is 2.37. The molecule has 1 heterocycles. The monoisotopic (exact) mass is 316 g/mol. The fourth-order valence-electron chi connectivity index (χ4n) is 1.79. The molecule has 0 aliphatic heterocycles. The van der Waals surface area contributed by atoms with E-state index in [1.807, 2.05) is 0 Å². The molecular weight excluding hydrogens is 304 g/mol. The minimum atomic E-state index is -3.28. The molecule has 0 amide bonds. The number of rotatable bonds is 3. The number of hydrogen-bond acceptors (Lipinski definition) is 4. The summed E-state index contributed by atoms with van der Waals surface area (Å²) in [6.45, 7) is 1.52. The zero-order valence-corrected chi connectivity index (χ0v) is 12.4. The Bertz CT molecular complexity index is 869. The third-order valence-corrected chi connectivity index (χ3v) is 5.55. The van der Waals surface area contributed by atoms with E-state index in [0.29, 0.717) is 16.6 Å². The summed E-state index contributed by atoms with van der Waals surface area (Å²) in [5.41, 5.74) is -0.0958. The highest BCUT2D eigenvalue weighted by molar-refractivity contribution is 7.91. The molecule has 1 aromatic heterocycles. The van der Waals surface area contributed by atoms with Gasteiger partial charge in [0.2, 0.25) is 0 Å². The van der Waals surface area contributed by atoms with Gasteiger partial charge in [0.25, 0.3) is 0 Å². The van der Waals surface area contributed by atoms with Crippen molar-refractivity contribution in [3.63, 3.8) is 0 Å². The lowest BCUT2D eigenvalue weighted by molar-refractivity contribution is 0.587. The predicted octanol–water partition coefficient (Wildman–Crippen LogP) is 0.929. The van der Waals surface area contributed by atoms with Gasteiger partial charge in [0.05, 0.1) is 21.7 Å². The Labute approximate surface area is 119 Å². The Hall–Kier alpha value is -1.60. The highest BCUT2D eigenvalue weighted by Gasteiger charge is 2.25. The van der Waals surface area contributed by atoms with Crippen molar-refractivity contribution in [2.75, 3.05) is 6.26 Å². The van der Waals surface area contributed by atoms with E-state index in [-0.39, 0.29) is 0 Å². The van der Waals surface area contributed by atoms with Gasteiger partial charge in [0, 0.05) is 6.26 Å². The van der Waals surface area contributed by atoms with Gasteiger partial charge in [0.1, 0.15) is 0 Å². The van der Waals surface area contributed by atoms with Crippen molar-refractivity contribution in [3.8, 4) is 0 Å². The van der Waals surface area contributed by atoms with Crippen LogP contribution in [0.3, 0.4) is 0 Å². The smallest absolute Gasteiger partial charge is 0.314 e. The molecule has 0 fully saturated rings. The van der Waals surface area contributed by atoms with Gasteiger partial charge < -0.3 is 9.97 Å². The second kappa shape index (κ2) is 5.06. The molecule has 0 aliphatic carbocycles. The quantitative estimate of drug-likeness (QED) is 0.650. The van der Waals surface area contributed by atoms with Crippen molar-refractivity contribution in [1.82, 2.24) is 9.97 Å². The van der Waals surface area contributed by atoms with E-state index in [1.54, 1.807) is 18.2 Å². The normalized spacial score (nSPS) is 15.2. The maximum absolute atomic E-state index is 11.5. The van der Waals surface area contributed by atoms with Crippen LogP contribution in [0.5, 0.6) is 0 Å². The topological polar surface area (TPSA) is 99.9 Å². The number of nitrogens with one attached hydrogen (secondary N) is 2. The first-order valence-corrected chi connectivity index (χ1v) is 8.18. The van der Waals surface area contributed by atoms with Gasteiger partial charge in [-0.25, -0.2) is 8.42 Å². The molecule has 2 rings (SSSR count). The summed E-state index contributed by atoms with van der Waals surface area (Å²) in [6, 6.07) is 4.76. The third kappa shape index (κ3) is 2.78. The highest BCUT2D eigenvalue weighted by atomic mass is 35.5. The largest absolute Gasteiger partial charge is 0.316 e. The lowest BCUT2D eigenvalue weighted by Gasteiger charge is -2.16. The van der Waals surface area contributed by atoms with E-state index in [4.69, 9.17) is 11.6 Å². The molecule has 0 saturated heterocycles. The van der Waals surface area contributed by atoms with Crippen LogP contribution in [0.25, 0.3) is 11.0 Å². The molecule has 0 saturated carbocycles. The van der Waals surface area contributed by atoms with E-state index in [2.05, 4.69) is 9.97 Å². The first-order valence-electron chi connectivity index (χ1n) is 5.79. The molecule has 108 valence electrons. The molecular formula is C12H13ClN2O4S. The van der Waals surface area contributed by atoms with Crippen LogP contribution in [0, 0.1) is 0 Å². The Balaban J connectivity index is 2.54. The minimum Gasteiger partial charge on any atom is -0.316 e. The van der Waals surface area contributed by atoms with Crippen molar-refractivity contribution in [2.24, 2.45) is 0 Å². The second-order valence-electron chi connectivity index (χ2n) is 4.65. The van der Waals surface area contributed by atoms with Crippen molar-refractivity contribution in [2.45, 2.75) is 17.6 Å². The summed E-state index contributed by atoms with van der Waals surface area (Å²) in [4.78, 5) is 27.3. The van der Waals surface area contributed by atoms with Crippen LogP contribution in [0.2, 0.25) is 0 Å². The summed E-state index contributed by atoms with van der Waals surface area (Å²) in [5, 5.41) is -1.51. The maximum Gasteiger partial charge on any atom is 0.314 e. The number of fused-ring (bicyclic) bond motifs is 1. The van der Waals surface area contributed by atoms with Crippen molar-refractivity contribution >= 4 is 32.5 Å². The molecule has 2 N–H and O–H groups in total. The lowest BCUT2D eigenvalue weighted by atomic mass is 10.1. The van der Waals surface area contributed by atoms with Crippen LogP contribution in [-0.4, -0.2) is 29.9 Å². The van der Waals surface area contributed by atoms with Gasteiger partial charge in [-0.05, 0) is 24.6 Å². The van der Waals surface area contributed by atoms with Gasteiger partial charge in [-0.15, -0.1) is 11.6 Å². The predicted molar refractivity (Wildman–Crippen MR) is 78.1 cm³/mol. The number of H-pyrrole nitrogens is 2. The average molecular weight is 317 g/mol. The van der Waals surface area contributed by atoms with Crippen molar-refractivity contribution < 1.29 is 8.42 Å². The number of benzene rings is 1. The van der Waals surface area contributed by atoms with Gasteiger partial charge in [0.15, 0.2) is 9.84 Å². The first kappa shape index (κ1) is 14.8. The first-order chi connectivity index (χ1) is 9.20. The van der Waals surface area contributed by atoms with E-state index < -0.39 is 31.6 Å². The number of halogens is 1. The Kier molecular flexibility index (Phi) is 3.75. The fourth-order valence-corrected chi connectivity index (χ4v) is 3.08. The molecule has 0 bridgehead atoms. The number of aromatic amines is 2. The summed E-state index contributed by atoms with van der Waals surface area (Å²) in [6.07, 6.45) is 1.12. The Morgan fingerprint density at radius 2 is 1.65 bits per heavy atom. The Morgan fingerprint density at radius 1 is 1.10 bits per heavy atom. The number of aromatic nitrogens is 2. The minimum absolute atomic E-state index is 0.401. The van der Waals surface area contributed by atoms with Gasteiger partial charge in [-0.3, -0.25) is 9.59 Å². The van der Waals surface area contributed by atoms with Gasteiger partial charge in [-0.1, -0.05) is 6.07 Å². The van der Waals surface area contributed by atoms with E-state index in [9.17, 15) is 18.0 Å². The van der Waals surface area contributed by atoms with Crippen LogP contribution in [-0.2, 0) is 9.84 Å². The molecule has 2 atom stereocenters. The SMILES string of the molecule is CC(C(Cl)c1ccc2[nH]c(=O)c(=O)[nH]c2c1)S(C)(=O)=O. The molecule has 20 heavy (non-hydrogen) atoms. The van der Waals surface area contributed by atoms with Crippen molar-refractivity contribution in [1.29, 1.82) is 0 Å². The molecule has 0 radical (unpaired) electrons. The molecule has 2 aromatic rings. The summed E-state index contributed by atoms with van der Waals surface area (Å²) < 4.78 is 23.0. The molecule has 6 nitrogen and oxygen atoms in total. The van der Waals surface area contributed by atoms with Crippen LogP contribution in [0.4, 0.5) is 0 Å². The summed E-state index contributed by atoms with van der Waals surface area (Å²) >= 11 is 6.17. The molecule has 2 unspecified atom stereocenters. The highest BCUT2D eigenvalue weighted by Crippen LogP contribution is 2.29. The second-order valence-corrected chi connectivity index (χ2v) is 7.52. The molecule has 0 aliphatic rings. The number of hydrogen-bond donors (Lipinski definition) is 2. The van der Waals surface area contributed by atoms with Gasteiger partial charge >= 0.3 is 11.1 Å². The number of alkyl halides is 1. The van der Waals surface area contributed by atoms with Crippen LogP contribution in [0.15, 0.2) is 27.8 Å². The zero-order valence-electron chi connectivity index (χ0n) is 10.8. The molecule has 8 heteroatoms. The van der Waals surface area contributed by atoms with E-state index >= 15 is 0 Å². The third-order valence-electron chi connectivity index (χ3n) is 3.15. The molecule has 0 spiro atoms. The standard InChI is InChI=1S/C12H13ClN2O4S/c1-6(20(2,18)19)10(13)7-3-4-8-9(5-7)15-12(17)11(16)14-8/h3-6,10H,1-2H3,(H,14,16)(H,15,17). The summed E-state index contributed by atoms with van der Waals surface area (Å²) in [5.74, 6) is 0. The maximum atomic E-state index is 11.5. The Morgan fingerprint density at radius 3 is 2.20 bits per heavy atom. The van der Waals surface area contributed by atoms with Crippen LogP contribution < -0.4 is 11.1 Å². The summed E-state index contributed by atoms with van der Waals surface area (Å²) in [7, 11) is -3.28. The fraction of sp³-hybridized carbons (Fsp3) is 0.333. The van der Waals surface area contributed by atoms with Crippen LogP contribution in [0.1, 0.15) is 17.9 Å².